The monoisotopic (exact) mass is 1980 g/mol. The average molecular weight is 1980 g/mol. The van der Waals surface area contributed by atoms with Crippen molar-refractivity contribution < 1.29 is 52.7 Å². The molecular formula is C121H59F12N17. The van der Waals surface area contributed by atoms with E-state index in [1.54, 1.807) is 197 Å². The summed E-state index contributed by atoms with van der Waals surface area (Å²) in [5.74, 6) is 0.689. The number of aromatic nitrogens is 8. The molecule has 17 nitrogen and oxygen atoms in total. The predicted molar refractivity (Wildman–Crippen MR) is 549 cm³/mol. The third-order valence-corrected chi connectivity index (χ3v) is 25.4. The summed E-state index contributed by atoms with van der Waals surface area (Å²) in [5.41, 5.74) is -1.10. The van der Waals surface area contributed by atoms with E-state index in [9.17, 15) is 21.0 Å². The molecule has 0 radical (unpaired) electrons. The Hall–Kier alpha value is -21.1. The van der Waals surface area contributed by atoms with Gasteiger partial charge in [-0.1, -0.05) is 243 Å². The molecular weight excluding hydrogens is 1920 g/mol. The molecule has 0 aliphatic rings. The van der Waals surface area contributed by atoms with Gasteiger partial charge in [0.15, 0.2) is 63.4 Å². The van der Waals surface area contributed by atoms with Gasteiger partial charge in [0.25, 0.3) is 0 Å². The van der Waals surface area contributed by atoms with E-state index in [0.717, 1.165) is 24.3 Å². The highest BCUT2D eigenvalue weighted by Gasteiger charge is 2.41. The predicted octanol–water partition coefficient (Wildman–Crippen LogP) is 33.9. The summed E-state index contributed by atoms with van der Waals surface area (Å²) in [5, 5.41) is 42.6. The highest BCUT2D eigenvalue weighted by Crippen LogP contribution is 2.55. The van der Waals surface area contributed by atoms with E-state index in [1.165, 1.54) is 133 Å². The summed E-state index contributed by atoms with van der Waals surface area (Å²) in [6.07, 6.45) is -19.9. The van der Waals surface area contributed by atoms with Crippen LogP contribution in [0.3, 0.4) is 0 Å². The zero-order valence-electron chi connectivity index (χ0n) is 77.2. The second kappa shape index (κ2) is 39.0. The third-order valence-electron chi connectivity index (χ3n) is 25.4. The normalized spacial score (nSPS) is 11.4. The molecule has 0 aliphatic carbocycles. The molecule has 21 aromatic rings. The van der Waals surface area contributed by atoms with Gasteiger partial charge in [0.2, 0.25) is 0 Å². The lowest BCUT2D eigenvalue weighted by atomic mass is 9.88. The molecule has 150 heavy (non-hydrogen) atoms. The van der Waals surface area contributed by atoms with E-state index >= 15 is 52.7 Å². The lowest BCUT2D eigenvalue weighted by Crippen LogP contribution is -2.11. The van der Waals surface area contributed by atoms with Crippen LogP contribution in [0.25, 0.3) is 225 Å². The number of hydrogen-bond acceptors (Lipinski definition) is 10. The van der Waals surface area contributed by atoms with E-state index in [0.29, 0.717) is 71.5 Å². The van der Waals surface area contributed by atoms with Gasteiger partial charge >= 0.3 is 24.7 Å². The Balaban J connectivity index is 0.000000184. The minimum absolute atomic E-state index is 0.00677. The number of rotatable bonds is 15. The van der Waals surface area contributed by atoms with Gasteiger partial charge in [0.1, 0.15) is 0 Å². The van der Waals surface area contributed by atoms with Crippen molar-refractivity contribution in [1.82, 2.24) is 39.0 Å². The Morgan fingerprint density at radius 2 is 0.473 bits per heavy atom. The standard InChI is InChI=1S/C65H30F6N10.C56H29F6N7/c1-75-45-28-44(36-74)59(55(33-45)77-3)41-23-25-57-49(30-41)48-29-40(58-43(35-73)26-37(34-72)27-54(58)76-2)22-24-56(48)81(57)60-50(46-18-10-12-20-52(46)64(66,67)68)31-42(32-51(60)47-19-11-13-21-53(47)65(69,70)71)63-79-61(38-14-6-4-7-15-38)78-62(80-63)39-16-8-5-9-17-39;1-64-38-27-37(32-63)50(47(31-38)65-2)35-25-26-49-42(28-35)41-21-11-14-24-48(41)69(49)51-43(39-19-9-12-22-45(39)55(57,58)59)29-36(30-44(51)40-20-10-13-23-46(40)56(60,61)62)54-67-52(33-15-5-3-6-16-33)66-53(68-54)34-17-7-4-8-18-34/h4-33H;3-31H. The van der Waals surface area contributed by atoms with Crippen LogP contribution in [0.4, 0.5) is 81.1 Å². The molecule has 17 aromatic carbocycles. The van der Waals surface area contributed by atoms with Gasteiger partial charge < -0.3 is 9.13 Å². The van der Waals surface area contributed by atoms with Crippen molar-refractivity contribution in [3.05, 3.63) is 460 Å². The van der Waals surface area contributed by atoms with Crippen molar-refractivity contribution >= 4 is 72.0 Å². The summed E-state index contributed by atoms with van der Waals surface area (Å²) >= 11 is 0. The molecule has 0 N–H and O–H groups in total. The van der Waals surface area contributed by atoms with Crippen LogP contribution in [0.15, 0.2) is 358 Å². The first kappa shape index (κ1) is 96.4. The van der Waals surface area contributed by atoms with Crippen molar-refractivity contribution in [2.24, 2.45) is 0 Å². The molecule has 4 aromatic heterocycles. The van der Waals surface area contributed by atoms with E-state index in [1.807, 2.05) is 18.2 Å². The first-order chi connectivity index (χ1) is 72.5. The maximum atomic E-state index is 15.7. The number of hydrogen-bond donors (Lipinski definition) is 0. The number of benzene rings is 17. The SMILES string of the molecule is [C-]#[N+]c1cc(C#N)c(-c2ccc3c(c2)c2cc(-c4c(C#N)cc(C#N)cc4[N+]#[C-])ccc2n3-c2c(-c3ccccc3C(F)(F)F)cc(-c3nc(-c4ccccc4)nc(-c4ccccc4)n3)cc2-c2ccccc2C(F)(F)F)c([N+]#[C-])c1.[C-]#[N+]c1cc(C#N)c(-c2ccc3c(c2)c2ccccc2n3-c2c(-c3ccccc3C(F)(F)F)cc(-c3nc(-c4ccccc4)nc(-c4ccccc4)n3)cc2-c2ccccc2C(F)(F)F)c([N+]#[C-])c1. The number of para-hydroxylation sites is 1. The van der Waals surface area contributed by atoms with Crippen LogP contribution in [-0.2, 0) is 24.7 Å². The first-order valence-electron chi connectivity index (χ1n) is 45.4. The molecule has 0 saturated carbocycles. The zero-order chi connectivity index (χ0) is 105. The average Bonchev–Trinajstić information content (AvgIpc) is 1.55. The van der Waals surface area contributed by atoms with Crippen molar-refractivity contribution in [3.8, 4) is 182 Å². The number of nitrogens with zero attached hydrogens (tertiary/aromatic N) is 17. The summed E-state index contributed by atoms with van der Waals surface area (Å²) in [6, 6.07) is 98.4. The van der Waals surface area contributed by atoms with Crippen LogP contribution in [-0.4, -0.2) is 39.0 Å². The van der Waals surface area contributed by atoms with Gasteiger partial charge in [-0.15, -0.1) is 0 Å². The Labute approximate surface area is 846 Å². The Morgan fingerprint density at radius 3 is 0.753 bits per heavy atom. The molecule has 29 heteroatoms. The van der Waals surface area contributed by atoms with Crippen molar-refractivity contribution in [2.75, 3.05) is 0 Å². The molecule has 0 unspecified atom stereocenters. The summed E-state index contributed by atoms with van der Waals surface area (Å²) in [6.45, 7) is 39.3. The molecule has 0 atom stereocenters. The topological polar surface area (TPSA) is 204 Å². The van der Waals surface area contributed by atoms with E-state index in [4.69, 9.17) is 62.8 Å². The van der Waals surface area contributed by atoms with Gasteiger partial charge in [-0.2, -0.15) is 73.7 Å². The minimum Gasteiger partial charge on any atom is -0.308 e. The van der Waals surface area contributed by atoms with Crippen molar-refractivity contribution in [2.45, 2.75) is 24.7 Å². The molecule has 0 fully saturated rings. The molecule has 0 bridgehead atoms. The molecule has 712 valence electrons. The van der Waals surface area contributed by atoms with E-state index < -0.39 is 58.1 Å². The molecule has 0 spiro atoms. The number of fused-ring (bicyclic) bond motifs is 6. The Bertz CT molecular complexity index is 9060. The van der Waals surface area contributed by atoms with Crippen LogP contribution < -0.4 is 0 Å². The third kappa shape index (κ3) is 17.9. The molecule has 0 aliphatic heterocycles. The smallest absolute Gasteiger partial charge is 0.308 e. The largest absolute Gasteiger partial charge is 0.417 e. The van der Waals surface area contributed by atoms with E-state index in [2.05, 4.69) is 42.4 Å². The summed E-state index contributed by atoms with van der Waals surface area (Å²) in [7, 11) is 0. The number of halogens is 12. The molecule has 21 rings (SSSR count). The van der Waals surface area contributed by atoms with Crippen LogP contribution in [0.5, 0.6) is 0 Å². The van der Waals surface area contributed by atoms with Crippen LogP contribution in [0, 0.1) is 78.2 Å². The van der Waals surface area contributed by atoms with E-state index in [-0.39, 0.29) is 169 Å². The van der Waals surface area contributed by atoms with Crippen molar-refractivity contribution in [3.63, 3.8) is 0 Å². The van der Waals surface area contributed by atoms with Gasteiger partial charge in [-0.3, -0.25) is 0 Å². The number of alkyl halides is 12. The second-order valence-electron chi connectivity index (χ2n) is 34.2. The van der Waals surface area contributed by atoms with Crippen molar-refractivity contribution in [1.29, 1.82) is 21.0 Å². The maximum Gasteiger partial charge on any atom is 0.417 e. The lowest BCUT2D eigenvalue weighted by molar-refractivity contribution is -0.137. The maximum absolute atomic E-state index is 15.7. The van der Waals surface area contributed by atoms with Crippen LogP contribution in [0.2, 0.25) is 0 Å². The zero-order valence-corrected chi connectivity index (χ0v) is 77.2. The Kier molecular flexibility index (Phi) is 25.1. The fourth-order valence-corrected chi connectivity index (χ4v) is 19.0. The van der Waals surface area contributed by atoms with Gasteiger partial charge in [0.05, 0.1) is 118 Å². The fourth-order valence-electron chi connectivity index (χ4n) is 19.0. The van der Waals surface area contributed by atoms with Gasteiger partial charge in [0, 0.05) is 111 Å². The molecule has 4 heterocycles. The highest BCUT2D eigenvalue weighted by atomic mass is 19.4. The highest BCUT2D eigenvalue weighted by molar-refractivity contribution is 6.16. The summed E-state index contributed by atoms with van der Waals surface area (Å²) < 4.78 is 190. The molecule has 0 saturated heterocycles. The number of nitriles is 4. The summed E-state index contributed by atoms with van der Waals surface area (Å²) in [4.78, 5) is 46.8. The van der Waals surface area contributed by atoms with Gasteiger partial charge in [-0.25, -0.2) is 54.1 Å². The van der Waals surface area contributed by atoms with Crippen LogP contribution >= 0.6 is 0 Å². The molecule has 0 amide bonds. The Morgan fingerprint density at radius 1 is 0.220 bits per heavy atom. The second-order valence-corrected chi connectivity index (χ2v) is 34.2. The quantitative estimate of drug-likeness (QED) is 0.0701. The lowest BCUT2D eigenvalue weighted by Gasteiger charge is -2.24. The first-order valence-corrected chi connectivity index (χ1v) is 45.4. The van der Waals surface area contributed by atoms with Crippen LogP contribution in [0.1, 0.15) is 44.5 Å². The fraction of sp³-hybridized carbons (Fsp3) is 0.0331. The van der Waals surface area contributed by atoms with Gasteiger partial charge in [-0.05, 0) is 154 Å². The minimum atomic E-state index is -5.02.